The van der Waals surface area contributed by atoms with Crippen LogP contribution >= 0.6 is 11.8 Å². The number of thioether (sulfide) groups is 1. The summed E-state index contributed by atoms with van der Waals surface area (Å²) in [5, 5.41) is 17.7. The van der Waals surface area contributed by atoms with Crippen molar-refractivity contribution in [2.24, 2.45) is 0 Å². The zero-order valence-corrected chi connectivity index (χ0v) is 10.5. The third-order valence-electron chi connectivity index (χ3n) is 2.95. The summed E-state index contributed by atoms with van der Waals surface area (Å²) in [6, 6.07) is 2.02. The van der Waals surface area contributed by atoms with Crippen LogP contribution in [-0.4, -0.2) is 38.5 Å². The highest BCUT2D eigenvalue weighted by Crippen LogP contribution is 2.26. The fourth-order valence-electron chi connectivity index (χ4n) is 1.95. The molecule has 1 aromatic rings. The Kier molecular flexibility index (Phi) is 3.89. The average molecular weight is 241 g/mol. The minimum atomic E-state index is -0.498. The van der Waals surface area contributed by atoms with Gasteiger partial charge < -0.3 is 10.4 Å². The molecule has 1 aliphatic rings. The van der Waals surface area contributed by atoms with E-state index >= 15 is 0 Å². The highest BCUT2D eigenvalue weighted by atomic mass is 32.2. The van der Waals surface area contributed by atoms with E-state index < -0.39 is 5.60 Å². The molecule has 16 heavy (non-hydrogen) atoms. The first-order valence-corrected chi connectivity index (χ1v) is 6.90. The van der Waals surface area contributed by atoms with E-state index in [1.807, 2.05) is 28.7 Å². The van der Waals surface area contributed by atoms with Crippen LogP contribution in [0, 0.1) is 0 Å². The smallest absolute Gasteiger partial charge is 0.0869 e. The largest absolute Gasteiger partial charge is 0.388 e. The van der Waals surface area contributed by atoms with Gasteiger partial charge in [-0.15, -0.1) is 0 Å². The van der Waals surface area contributed by atoms with Crippen LogP contribution in [0.25, 0.3) is 0 Å². The summed E-state index contributed by atoms with van der Waals surface area (Å²) >= 11 is 1.83. The molecule has 0 amide bonds. The summed E-state index contributed by atoms with van der Waals surface area (Å²) in [4.78, 5) is 0. The molecular weight excluding hydrogens is 222 g/mol. The molecule has 0 bridgehead atoms. The molecule has 1 aromatic heterocycles. The van der Waals surface area contributed by atoms with Crippen molar-refractivity contribution >= 4 is 11.8 Å². The number of rotatable bonds is 5. The Morgan fingerprint density at radius 2 is 2.56 bits per heavy atom. The Balaban J connectivity index is 1.79. The third kappa shape index (κ3) is 2.78. The third-order valence-corrected chi connectivity index (χ3v) is 4.18. The van der Waals surface area contributed by atoms with Gasteiger partial charge in [-0.25, -0.2) is 0 Å². The van der Waals surface area contributed by atoms with Gasteiger partial charge in [-0.1, -0.05) is 0 Å². The Bertz CT molecular complexity index is 334. The quantitative estimate of drug-likeness (QED) is 0.803. The Labute approximate surface area is 100 Å². The molecule has 2 heterocycles. The van der Waals surface area contributed by atoms with Crippen molar-refractivity contribution in [2.45, 2.75) is 32.0 Å². The Morgan fingerprint density at radius 1 is 1.69 bits per heavy atom. The fraction of sp³-hybridized carbons (Fsp3) is 0.727. The summed E-state index contributed by atoms with van der Waals surface area (Å²) < 4.78 is 1.97. The van der Waals surface area contributed by atoms with Crippen LogP contribution in [0.2, 0.25) is 0 Å². The van der Waals surface area contributed by atoms with Crippen LogP contribution in [0.1, 0.15) is 19.0 Å². The lowest BCUT2D eigenvalue weighted by molar-refractivity contribution is 0.0673. The highest BCUT2D eigenvalue weighted by Gasteiger charge is 2.30. The van der Waals surface area contributed by atoms with Crippen LogP contribution in [-0.2, 0) is 13.1 Å². The zero-order chi connectivity index (χ0) is 11.4. The summed E-state index contributed by atoms with van der Waals surface area (Å²) in [6.45, 7) is 4.43. The van der Waals surface area contributed by atoms with E-state index in [-0.39, 0.29) is 0 Å². The van der Waals surface area contributed by atoms with Gasteiger partial charge in [0.15, 0.2) is 0 Å². The second kappa shape index (κ2) is 5.21. The van der Waals surface area contributed by atoms with Crippen LogP contribution in [0.5, 0.6) is 0 Å². The molecular formula is C11H19N3OS. The topological polar surface area (TPSA) is 50.1 Å². The molecule has 0 radical (unpaired) electrons. The Morgan fingerprint density at radius 3 is 3.25 bits per heavy atom. The van der Waals surface area contributed by atoms with E-state index in [1.165, 1.54) is 5.69 Å². The van der Waals surface area contributed by atoms with Crippen molar-refractivity contribution in [1.29, 1.82) is 0 Å². The van der Waals surface area contributed by atoms with Crippen LogP contribution in [0.15, 0.2) is 12.3 Å². The van der Waals surface area contributed by atoms with Gasteiger partial charge in [0.25, 0.3) is 0 Å². The van der Waals surface area contributed by atoms with Gasteiger partial charge in [-0.05, 0) is 25.2 Å². The minimum Gasteiger partial charge on any atom is -0.388 e. The standard InChI is InChI=1S/C11H19N3OS/c1-2-14-10(3-5-13-14)7-12-8-11(15)4-6-16-9-11/h3,5,12,15H,2,4,6-9H2,1H3. The molecule has 2 rings (SSSR count). The van der Waals surface area contributed by atoms with E-state index in [0.717, 1.165) is 31.0 Å². The molecule has 1 fully saturated rings. The first-order chi connectivity index (χ1) is 7.73. The SMILES string of the molecule is CCn1nccc1CNCC1(O)CCSC1. The summed E-state index contributed by atoms with van der Waals surface area (Å²) in [5.74, 6) is 1.93. The zero-order valence-electron chi connectivity index (χ0n) is 9.65. The summed E-state index contributed by atoms with van der Waals surface area (Å²) in [7, 11) is 0. The number of aryl methyl sites for hydroxylation is 1. The average Bonchev–Trinajstić information content (AvgIpc) is 2.88. The molecule has 90 valence electrons. The minimum absolute atomic E-state index is 0.498. The number of nitrogens with one attached hydrogen (secondary N) is 1. The van der Waals surface area contributed by atoms with Crippen molar-refractivity contribution in [3.8, 4) is 0 Å². The second-order valence-electron chi connectivity index (χ2n) is 4.27. The lowest BCUT2D eigenvalue weighted by Gasteiger charge is -2.21. The molecule has 0 aromatic carbocycles. The first kappa shape index (κ1) is 12.0. The molecule has 1 unspecified atom stereocenters. The normalized spacial score (nSPS) is 25.1. The first-order valence-electron chi connectivity index (χ1n) is 5.75. The van der Waals surface area contributed by atoms with Crippen molar-refractivity contribution in [3.05, 3.63) is 18.0 Å². The van der Waals surface area contributed by atoms with E-state index in [4.69, 9.17) is 0 Å². The lowest BCUT2D eigenvalue weighted by atomic mass is 10.0. The van der Waals surface area contributed by atoms with Gasteiger partial charge in [-0.2, -0.15) is 16.9 Å². The number of hydrogen-bond acceptors (Lipinski definition) is 4. The number of aliphatic hydroxyl groups is 1. The molecule has 0 aliphatic carbocycles. The molecule has 0 saturated carbocycles. The molecule has 4 nitrogen and oxygen atoms in total. The number of hydrogen-bond donors (Lipinski definition) is 2. The summed E-state index contributed by atoms with van der Waals surface area (Å²) in [6.07, 6.45) is 2.72. The van der Waals surface area contributed by atoms with Crippen molar-refractivity contribution in [1.82, 2.24) is 15.1 Å². The molecule has 1 saturated heterocycles. The molecule has 5 heteroatoms. The molecule has 1 atom stereocenters. The van der Waals surface area contributed by atoms with E-state index in [1.54, 1.807) is 0 Å². The predicted molar refractivity (Wildman–Crippen MR) is 66.5 cm³/mol. The highest BCUT2D eigenvalue weighted by molar-refractivity contribution is 7.99. The van der Waals surface area contributed by atoms with Gasteiger partial charge in [0.05, 0.1) is 11.3 Å². The fourth-order valence-corrected chi connectivity index (χ4v) is 3.25. The number of nitrogens with zero attached hydrogens (tertiary/aromatic N) is 2. The van der Waals surface area contributed by atoms with Crippen molar-refractivity contribution in [3.63, 3.8) is 0 Å². The van der Waals surface area contributed by atoms with Crippen LogP contribution in [0.3, 0.4) is 0 Å². The maximum absolute atomic E-state index is 10.1. The van der Waals surface area contributed by atoms with Gasteiger partial charge in [0.2, 0.25) is 0 Å². The predicted octanol–water partition coefficient (Wildman–Crippen LogP) is 0.861. The van der Waals surface area contributed by atoms with Crippen LogP contribution in [0.4, 0.5) is 0 Å². The van der Waals surface area contributed by atoms with Gasteiger partial charge in [-0.3, -0.25) is 4.68 Å². The molecule has 2 N–H and O–H groups in total. The van der Waals surface area contributed by atoms with E-state index in [9.17, 15) is 5.11 Å². The molecule has 0 spiro atoms. The Hall–Kier alpha value is -0.520. The van der Waals surface area contributed by atoms with Crippen molar-refractivity contribution in [2.75, 3.05) is 18.1 Å². The van der Waals surface area contributed by atoms with Crippen LogP contribution < -0.4 is 5.32 Å². The lowest BCUT2D eigenvalue weighted by Crippen LogP contribution is -2.40. The van der Waals surface area contributed by atoms with Gasteiger partial charge in [0, 0.05) is 31.6 Å². The van der Waals surface area contributed by atoms with E-state index in [0.29, 0.717) is 6.54 Å². The maximum atomic E-state index is 10.1. The molecule has 1 aliphatic heterocycles. The maximum Gasteiger partial charge on any atom is 0.0869 e. The van der Waals surface area contributed by atoms with Crippen molar-refractivity contribution < 1.29 is 5.11 Å². The second-order valence-corrected chi connectivity index (χ2v) is 5.37. The van der Waals surface area contributed by atoms with Gasteiger partial charge in [0.1, 0.15) is 0 Å². The monoisotopic (exact) mass is 241 g/mol. The summed E-state index contributed by atoms with van der Waals surface area (Å²) in [5.41, 5.74) is 0.679. The number of aromatic nitrogens is 2. The van der Waals surface area contributed by atoms with Gasteiger partial charge >= 0.3 is 0 Å². The van der Waals surface area contributed by atoms with E-state index in [2.05, 4.69) is 17.3 Å².